The highest BCUT2D eigenvalue weighted by Crippen LogP contribution is 2.15. The van der Waals surface area contributed by atoms with Crippen molar-refractivity contribution in [2.24, 2.45) is 0 Å². The van der Waals surface area contributed by atoms with Crippen LogP contribution in [0.25, 0.3) is 21.0 Å². The molecule has 0 aliphatic heterocycles. The summed E-state index contributed by atoms with van der Waals surface area (Å²) in [5.74, 6) is 0. The van der Waals surface area contributed by atoms with Gasteiger partial charge in [0, 0.05) is 23.2 Å². The maximum absolute atomic E-state index is 4.18. The van der Waals surface area contributed by atoms with Gasteiger partial charge in [-0.25, -0.2) is 0 Å². The highest BCUT2D eigenvalue weighted by molar-refractivity contribution is 7.13. The van der Waals surface area contributed by atoms with E-state index in [9.17, 15) is 0 Å². The number of fused-ring (bicyclic) bond motifs is 2. The molecular weight excluding hydrogens is 252 g/mol. The molecule has 0 aliphatic carbocycles. The normalized spacial score (nSPS) is 10.1. The lowest BCUT2D eigenvalue weighted by Gasteiger charge is -1.91. The van der Waals surface area contributed by atoms with Crippen molar-refractivity contribution in [3.8, 4) is 0 Å². The number of nitrogens with zero attached hydrogens (tertiary/aromatic N) is 2. The van der Waals surface area contributed by atoms with Crippen LogP contribution in [0.1, 0.15) is 0 Å². The first kappa shape index (κ1) is 11.8. The highest BCUT2D eigenvalue weighted by Gasteiger charge is 1.89. The van der Waals surface area contributed by atoms with Crippen LogP contribution in [0.3, 0.4) is 0 Å². The van der Waals surface area contributed by atoms with Crippen LogP contribution in [0.4, 0.5) is 0 Å². The third-order valence-electron chi connectivity index (χ3n) is 2.77. The van der Waals surface area contributed by atoms with Gasteiger partial charge in [0.15, 0.2) is 0 Å². The lowest BCUT2D eigenvalue weighted by atomic mass is 10.2. The fourth-order valence-corrected chi connectivity index (χ4v) is 2.47. The standard InChI is InChI=1S/C9H7N.C7H5NS/c1-2-6-9-8(4-1)5-3-7-10-9;1-2-4-7-6(3-1)5-8-9-7/h1-7H;1-5H. The predicted molar refractivity (Wildman–Crippen MR) is 81.4 cm³/mol. The van der Waals surface area contributed by atoms with Gasteiger partial charge >= 0.3 is 0 Å². The molecule has 2 heterocycles. The zero-order valence-corrected chi connectivity index (χ0v) is 11.0. The Bertz CT molecular complexity index is 697. The van der Waals surface area contributed by atoms with E-state index in [2.05, 4.69) is 33.6 Å². The van der Waals surface area contributed by atoms with Crippen molar-refractivity contribution in [1.29, 1.82) is 0 Å². The van der Waals surface area contributed by atoms with Gasteiger partial charge in [-0.15, -0.1) is 0 Å². The van der Waals surface area contributed by atoms with Gasteiger partial charge in [0.05, 0.1) is 10.2 Å². The largest absolute Gasteiger partial charge is 0.256 e. The van der Waals surface area contributed by atoms with Crippen molar-refractivity contribution >= 4 is 32.5 Å². The minimum atomic E-state index is 1.06. The number of aromatic nitrogens is 2. The fourth-order valence-electron chi connectivity index (χ4n) is 1.83. The van der Waals surface area contributed by atoms with E-state index in [0.717, 1.165) is 5.52 Å². The molecule has 92 valence electrons. The summed E-state index contributed by atoms with van der Waals surface area (Å²) in [7, 11) is 0. The lowest BCUT2D eigenvalue weighted by molar-refractivity contribution is 1.41. The number of pyridine rings is 1. The van der Waals surface area contributed by atoms with E-state index < -0.39 is 0 Å². The van der Waals surface area contributed by atoms with E-state index in [-0.39, 0.29) is 0 Å². The van der Waals surface area contributed by atoms with E-state index in [1.807, 2.05) is 48.8 Å². The van der Waals surface area contributed by atoms with Gasteiger partial charge in [-0.05, 0) is 29.7 Å². The van der Waals surface area contributed by atoms with Crippen LogP contribution >= 0.6 is 11.5 Å². The van der Waals surface area contributed by atoms with Crippen molar-refractivity contribution in [3.05, 3.63) is 73.1 Å². The van der Waals surface area contributed by atoms with Crippen LogP contribution in [0, 0.1) is 0 Å². The zero-order chi connectivity index (χ0) is 12.9. The second kappa shape index (κ2) is 5.59. The quantitative estimate of drug-likeness (QED) is 0.466. The molecule has 2 nitrogen and oxygen atoms in total. The summed E-state index contributed by atoms with van der Waals surface area (Å²) in [4.78, 5) is 4.18. The monoisotopic (exact) mass is 264 g/mol. The molecular formula is C16H12N2S. The number of benzene rings is 2. The summed E-state index contributed by atoms with van der Waals surface area (Å²) in [6.45, 7) is 0. The number of para-hydroxylation sites is 1. The Morgan fingerprint density at radius 1 is 0.737 bits per heavy atom. The Morgan fingerprint density at radius 2 is 1.47 bits per heavy atom. The Morgan fingerprint density at radius 3 is 2.32 bits per heavy atom. The molecule has 0 atom stereocenters. The fraction of sp³-hybridized carbons (Fsp3) is 0. The van der Waals surface area contributed by atoms with Crippen molar-refractivity contribution in [2.75, 3.05) is 0 Å². The van der Waals surface area contributed by atoms with Crippen molar-refractivity contribution in [1.82, 2.24) is 9.36 Å². The maximum Gasteiger partial charge on any atom is 0.0701 e. The Balaban J connectivity index is 0.000000117. The van der Waals surface area contributed by atoms with E-state index in [1.54, 1.807) is 0 Å². The Kier molecular flexibility index (Phi) is 3.47. The van der Waals surface area contributed by atoms with E-state index >= 15 is 0 Å². The molecule has 0 saturated carbocycles. The molecule has 0 amide bonds. The molecule has 0 bridgehead atoms. The van der Waals surface area contributed by atoms with Crippen LogP contribution in [-0.4, -0.2) is 9.36 Å². The third-order valence-corrected chi connectivity index (χ3v) is 3.55. The topological polar surface area (TPSA) is 25.8 Å². The highest BCUT2D eigenvalue weighted by atomic mass is 32.1. The van der Waals surface area contributed by atoms with Gasteiger partial charge in [-0.1, -0.05) is 42.5 Å². The summed E-state index contributed by atoms with van der Waals surface area (Å²) in [5, 5.41) is 2.44. The van der Waals surface area contributed by atoms with E-state index in [1.165, 1.54) is 27.0 Å². The Labute approximate surface area is 115 Å². The molecule has 3 heteroatoms. The van der Waals surface area contributed by atoms with Gasteiger partial charge in [-0.2, -0.15) is 4.37 Å². The SMILES string of the molecule is c1ccc2ncccc2c1.c1ccc2sncc2c1. The van der Waals surface area contributed by atoms with Crippen molar-refractivity contribution in [2.45, 2.75) is 0 Å². The minimum absolute atomic E-state index is 1.06. The lowest BCUT2D eigenvalue weighted by Crippen LogP contribution is -1.73. The van der Waals surface area contributed by atoms with Gasteiger partial charge in [0.1, 0.15) is 0 Å². The predicted octanol–water partition coefficient (Wildman–Crippen LogP) is 4.53. The third kappa shape index (κ3) is 2.77. The molecule has 4 aromatic rings. The van der Waals surface area contributed by atoms with Gasteiger partial charge in [0.25, 0.3) is 0 Å². The van der Waals surface area contributed by atoms with Crippen LogP contribution in [0.2, 0.25) is 0 Å². The molecule has 0 aliphatic rings. The molecule has 0 fully saturated rings. The van der Waals surface area contributed by atoms with Crippen LogP contribution in [0.5, 0.6) is 0 Å². The number of hydrogen-bond acceptors (Lipinski definition) is 3. The smallest absolute Gasteiger partial charge is 0.0701 e. The minimum Gasteiger partial charge on any atom is -0.256 e. The second-order valence-electron chi connectivity index (χ2n) is 4.06. The molecule has 19 heavy (non-hydrogen) atoms. The van der Waals surface area contributed by atoms with Crippen LogP contribution < -0.4 is 0 Å². The first-order valence-corrected chi connectivity index (χ1v) is 6.80. The van der Waals surface area contributed by atoms with E-state index in [4.69, 9.17) is 0 Å². The summed E-state index contributed by atoms with van der Waals surface area (Å²) in [6, 6.07) is 20.3. The summed E-state index contributed by atoms with van der Waals surface area (Å²) < 4.78 is 5.30. The van der Waals surface area contributed by atoms with Gasteiger partial charge in [-0.3, -0.25) is 4.98 Å². The summed E-state index contributed by atoms with van der Waals surface area (Å²) >= 11 is 1.54. The molecule has 0 N–H and O–H groups in total. The second-order valence-corrected chi connectivity index (χ2v) is 4.89. The average molecular weight is 264 g/mol. The van der Waals surface area contributed by atoms with E-state index in [0.29, 0.717) is 0 Å². The molecule has 4 rings (SSSR count). The molecule has 2 aromatic heterocycles. The van der Waals surface area contributed by atoms with Crippen LogP contribution in [-0.2, 0) is 0 Å². The van der Waals surface area contributed by atoms with Crippen molar-refractivity contribution < 1.29 is 0 Å². The number of rotatable bonds is 0. The zero-order valence-electron chi connectivity index (χ0n) is 10.2. The molecule has 0 spiro atoms. The molecule has 2 aromatic carbocycles. The number of hydrogen-bond donors (Lipinski definition) is 0. The first-order valence-electron chi connectivity index (χ1n) is 6.03. The summed E-state index contributed by atoms with van der Waals surface area (Å²) in [5.41, 5.74) is 1.06. The molecule has 0 radical (unpaired) electrons. The van der Waals surface area contributed by atoms with Crippen LogP contribution in [0.15, 0.2) is 73.1 Å². The molecule has 0 saturated heterocycles. The summed E-state index contributed by atoms with van der Waals surface area (Å²) in [6.07, 6.45) is 3.70. The maximum atomic E-state index is 4.18. The van der Waals surface area contributed by atoms with Gasteiger partial charge < -0.3 is 0 Å². The van der Waals surface area contributed by atoms with Gasteiger partial charge in [0.2, 0.25) is 0 Å². The molecule has 0 unspecified atom stereocenters. The Hall–Kier alpha value is -2.26. The first-order chi connectivity index (χ1) is 9.43. The van der Waals surface area contributed by atoms with Crippen molar-refractivity contribution in [3.63, 3.8) is 0 Å². The average Bonchev–Trinajstić information content (AvgIpc) is 2.96.